The lowest BCUT2D eigenvalue weighted by molar-refractivity contribution is -0.509. The van der Waals surface area contributed by atoms with Crippen LogP contribution in [-0.4, -0.2) is 19.7 Å². The molecule has 1 rings (SSSR count). The second-order valence-electron chi connectivity index (χ2n) is 2.23. The minimum atomic E-state index is -1.00. The molecule has 0 saturated heterocycles. The van der Waals surface area contributed by atoms with E-state index < -0.39 is 14.6 Å². The maximum Gasteiger partial charge on any atom is 0.235 e. The SMILES string of the molecule is O=[N+]([O-])[C@@H]1C=CC(O)(I)C1. The Bertz CT molecular complexity index is 189. The van der Waals surface area contributed by atoms with E-state index in [1.807, 2.05) is 0 Å². The molecule has 0 saturated carbocycles. The summed E-state index contributed by atoms with van der Waals surface area (Å²) in [4.78, 5) is 9.73. The van der Waals surface area contributed by atoms with Gasteiger partial charge in [0.05, 0.1) is 6.42 Å². The molecular formula is C5H6INO3. The first-order chi connectivity index (χ1) is 4.51. The van der Waals surface area contributed by atoms with Gasteiger partial charge < -0.3 is 5.11 Å². The molecule has 0 spiro atoms. The largest absolute Gasteiger partial charge is 0.376 e. The van der Waals surface area contributed by atoms with Gasteiger partial charge in [-0.1, -0.05) is 0 Å². The van der Waals surface area contributed by atoms with Crippen molar-refractivity contribution >= 4 is 22.6 Å². The van der Waals surface area contributed by atoms with Crippen molar-refractivity contribution in [2.24, 2.45) is 0 Å². The quantitative estimate of drug-likeness (QED) is 0.247. The first kappa shape index (κ1) is 7.93. The summed E-state index contributed by atoms with van der Waals surface area (Å²) in [7, 11) is 0. The van der Waals surface area contributed by atoms with Crippen LogP contribution in [0.2, 0.25) is 0 Å². The van der Waals surface area contributed by atoms with Gasteiger partial charge in [0.1, 0.15) is 3.61 Å². The number of rotatable bonds is 1. The first-order valence-corrected chi connectivity index (χ1v) is 3.83. The fourth-order valence-corrected chi connectivity index (χ4v) is 1.49. The average Bonchev–Trinajstić information content (AvgIpc) is 2.10. The zero-order valence-corrected chi connectivity index (χ0v) is 7.19. The smallest absolute Gasteiger partial charge is 0.235 e. The lowest BCUT2D eigenvalue weighted by atomic mass is 10.2. The molecular weight excluding hydrogens is 249 g/mol. The summed E-state index contributed by atoms with van der Waals surface area (Å²) in [6.07, 6.45) is 3.06. The molecule has 0 heterocycles. The number of alkyl halides is 1. The number of hydrogen-bond donors (Lipinski definition) is 1. The summed E-state index contributed by atoms with van der Waals surface area (Å²) in [6, 6.07) is -0.707. The molecule has 0 radical (unpaired) electrons. The Balaban J connectivity index is 2.62. The van der Waals surface area contributed by atoms with Gasteiger partial charge in [-0.3, -0.25) is 10.1 Å². The molecule has 2 atom stereocenters. The van der Waals surface area contributed by atoms with Gasteiger partial charge in [-0.25, -0.2) is 0 Å². The first-order valence-electron chi connectivity index (χ1n) is 2.75. The number of hydrogen-bond acceptors (Lipinski definition) is 3. The molecule has 1 N–H and O–H groups in total. The molecule has 1 aliphatic rings. The van der Waals surface area contributed by atoms with E-state index in [1.165, 1.54) is 12.2 Å². The van der Waals surface area contributed by atoms with Crippen LogP contribution in [0, 0.1) is 10.1 Å². The standard InChI is InChI=1S/C5H6INO3/c6-5(8)2-1-4(3-5)7(9)10/h1-2,4,8H,3H2/t4-,5?/m1/s1. The van der Waals surface area contributed by atoms with E-state index in [9.17, 15) is 15.2 Å². The number of aliphatic hydroxyl groups is 1. The molecule has 0 fully saturated rings. The van der Waals surface area contributed by atoms with Crippen LogP contribution < -0.4 is 0 Å². The third kappa shape index (κ3) is 1.66. The summed E-state index contributed by atoms with van der Waals surface area (Å²) in [6.45, 7) is 0. The predicted molar refractivity (Wildman–Crippen MR) is 43.5 cm³/mol. The van der Waals surface area contributed by atoms with Gasteiger partial charge in [0, 0.05) is 4.92 Å². The van der Waals surface area contributed by atoms with E-state index in [-0.39, 0.29) is 6.42 Å². The minimum absolute atomic E-state index is 0.181. The summed E-state index contributed by atoms with van der Waals surface area (Å²) >= 11 is 1.78. The molecule has 0 aromatic heterocycles. The predicted octanol–water partition coefficient (Wildman–Crippen LogP) is 0.715. The van der Waals surface area contributed by atoms with Gasteiger partial charge in [-0.2, -0.15) is 0 Å². The fraction of sp³-hybridized carbons (Fsp3) is 0.600. The maximum absolute atomic E-state index is 10.1. The number of halogens is 1. The maximum atomic E-state index is 10.1. The van der Waals surface area contributed by atoms with E-state index >= 15 is 0 Å². The molecule has 1 aliphatic carbocycles. The molecule has 0 bridgehead atoms. The highest BCUT2D eigenvalue weighted by molar-refractivity contribution is 14.1. The van der Waals surface area contributed by atoms with Gasteiger partial charge in [0.15, 0.2) is 0 Å². The van der Waals surface area contributed by atoms with Crippen molar-refractivity contribution in [1.29, 1.82) is 0 Å². The van der Waals surface area contributed by atoms with Crippen molar-refractivity contribution in [2.75, 3.05) is 0 Å². The van der Waals surface area contributed by atoms with Gasteiger partial charge in [-0.05, 0) is 34.7 Å². The number of nitrogens with zero attached hydrogens (tertiary/aromatic N) is 1. The van der Waals surface area contributed by atoms with Crippen molar-refractivity contribution in [3.8, 4) is 0 Å². The molecule has 5 heteroatoms. The van der Waals surface area contributed by atoms with E-state index in [4.69, 9.17) is 0 Å². The second kappa shape index (κ2) is 2.46. The summed E-state index contributed by atoms with van der Waals surface area (Å²) in [5.41, 5.74) is 0. The highest BCUT2D eigenvalue weighted by Gasteiger charge is 2.35. The molecule has 0 aromatic rings. The third-order valence-corrected chi connectivity index (χ3v) is 2.14. The Morgan fingerprint density at radius 3 is 2.70 bits per heavy atom. The zero-order valence-electron chi connectivity index (χ0n) is 5.03. The molecule has 1 unspecified atom stereocenters. The van der Waals surface area contributed by atoms with Crippen LogP contribution in [0.25, 0.3) is 0 Å². The third-order valence-electron chi connectivity index (χ3n) is 1.34. The van der Waals surface area contributed by atoms with E-state index in [2.05, 4.69) is 0 Å². The van der Waals surface area contributed by atoms with Crippen LogP contribution in [0.4, 0.5) is 0 Å². The van der Waals surface area contributed by atoms with Crippen LogP contribution in [0.3, 0.4) is 0 Å². The van der Waals surface area contributed by atoms with Crippen LogP contribution in [0.15, 0.2) is 12.2 Å². The fourth-order valence-electron chi connectivity index (χ4n) is 0.833. The van der Waals surface area contributed by atoms with Crippen molar-refractivity contribution in [1.82, 2.24) is 0 Å². The molecule has 0 amide bonds. The zero-order chi connectivity index (χ0) is 7.78. The molecule has 4 nitrogen and oxygen atoms in total. The van der Waals surface area contributed by atoms with Crippen LogP contribution in [0.5, 0.6) is 0 Å². The Hall–Kier alpha value is -0.170. The Morgan fingerprint density at radius 2 is 2.50 bits per heavy atom. The van der Waals surface area contributed by atoms with Crippen LogP contribution >= 0.6 is 22.6 Å². The van der Waals surface area contributed by atoms with Crippen LogP contribution in [-0.2, 0) is 0 Å². The molecule has 56 valence electrons. The monoisotopic (exact) mass is 255 g/mol. The molecule has 0 aliphatic heterocycles. The van der Waals surface area contributed by atoms with Gasteiger partial charge in [0.25, 0.3) is 0 Å². The minimum Gasteiger partial charge on any atom is -0.376 e. The second-order valence-corrected chi connectivity index (χ2v) is 4.10. The highest BCUT2D eigenvalue weighted by Crippen LogP contribution is 2.30. The normalized spacial score (nSPS) is 38.4. The molecule has 0 aromatic carbocycles. The van der Waals surface area contributed by atoms with E-state index in [0.29, 0.717) is 0 Å². The van der Waals surface area contributed by atoms with E-state index in [1.54, 1.807) is 22.6 Å². The summed E-state index contributed by atoms with van der Waals surface area (Å²) in [5.74, 6) is 0. The van der Waals surface area contributed by atoms with E-state index in [0.717, 1.165) is 0 Å². The Labute approximate surface area is 71.2 Å². The van der Waals surface area contributed by atoms with Crippen molar-refractivity contribution in [3.05, 3.63) is 22.3 Å². The summed E-state index contributed by atoms with van der Waals surface area (Å²) < 4.78 is -1.00. The Kier molecular flexibility index (Phi) is 1.95. The van der Waals surface area contributed by atoms with Gasteiger partial charge in [0.2, 0.25) is 6.04 Å². The highest BCUT2D eigenvalue weighted by atomic mass is 127. The lowest BCUT2D eigenvalue weighted by Gasteiger charge is -2.09. The van der Waals surface area contributed by atoms with Crippen molar-refractivity contribution in [2.45, 2.75) is 16.1 Å². The van der Waals surface area contributed by atoms with Gasteiger partial charge >= 0.3 is 0 Å². The summed E-state index contributed by atoms with van der Waals surface area (Å²) in [5, 5.41) is 19.3. The number of nitro groups is 1. The molecule has 10 heavy (non-hydrogen) atoms. The Morgan fingerprint density at radius 1 is 1.90 bits per heavy atom. The van der Waals surface area contributed by atoms with Gasteiger partial charge in [-0.15, -0.1) is 0 Å². The van der Waals surface area contributed by atoms with Crippen molar-refractivity contribution < 1.29 is 10.0 Å². The lowest BCUT2D eigenvalue weighted by Crippen LogP contribution is -2.21. The van der Waals surface area contributed by atoms with Crippen LogP contribution in [0.1, 0.15) is 6.42 Å². The topological polar surface area (TPSA) is 63.4 Å². The van der Waals surface area contributed by atoms with Crippen molar-refractivity contribution in [3.63, 3.8) is 0 Å². The average molecular weight is 255 g/mol.